The Balaban J connectivity index is 1.85. The van der Waals surface area contributed by atoms with E-state index >= 15 is 0 Å². The number of halogens is 1. The van der Waals surface area contributed by atoms with Gasteiger partial charge in [0.2, 0.25) is 0 Å². The second-order valence-electron chi connectivity index (χ2n) is 7.48. The van der Waals surface area contributed by atoms with Crippen molar-refractivity contribution in [2.75, 3.05) is 5.32 Å². The van der Waals surface area contributed by atoms with Gasteiger partial charge in [-0.15, -0.1) is 0 Å². The highest BCUT2D eigenvalue weighted by atomic mass is 35.5. The summed E-state index contributed by atoms with van der Waals surface area (Å²) in [5.41, 5.74) is 1.86. The topological polar surface area (TPSA) is 54.2 Å². The minimum Gasteiger partial charge on any atom is -0.367 e. The van der Waals surface area contributed by atoms with Crippen molar-refractivity contribution in [3.05, 3.63) is 23.0 Å². The number of hydrogen-bond acceptors (Lipinski definition) is 4. The largest absolute Gasteiger partial charge is 0.367 e. The van der Waals surface area contributed by atoms with Gasteiger partial charge >= 0.3 is 0 Å². The van der Waals surface area contributed by atoms with E-state index in [1.807, 2.05) is 4.52 Å². The van der Waals surface area contributed by atoms with Crippen LogP contribution in [0.4, 0.5) is 5.82 Å². The molecule has 0 aromatic carbocycles. The van der Waals surface area contributed by atoms with Gasteiger partial charge in [-0.25, -0.2) is 4.98 Å². The van der Waals surface area contributed by atoms with Crippen LogP contribution in [-0.2, 0) is 0 Å². The van der Waals surface area contributed by atoms with E-state index in [-0.39, 0.29) is 0 Å². The molecule has 0 aliphatic heterocycles. The van der Waals surface area contributed by atoms with Crippen LogP contribution in [0.2, 0.25) is 5.02 Å². The van der Waals surface area contributed by atoms with Crippen molar-refractivity contribution in [3.63, 3.8) is 0 Å². The summed E-state index contributed by atoms with van der Waals surface area (Å²) in [6.45, 7) is 8.84. The first-order valence-electron chi connectivity index (χ1n) is 9.58. The maximum Gasteiger partial charge on any atom is 0.176 e. The molecule has 0 amide bonds. The Labute approximate surface area is 155 Å². The lowest BCUT2D eigenvalue weighted by Crippen LogP contribution is -2.33. The summed E-state index contributed by atoms with van der Waals surface area (Å²) in [5, 5.41) is 12.4. The van der Waals surface area contributed by atoms with Gasteiger partial charge in [-0.3, -0.25) is 0 Å². The van der Waals surface area contributed by atoms with E-state index in [1.54, 1.807) is 6.20 Å². The number of aromatic nitrogens is 3. The van der Waals surface area contributed by atoms with Crippen LogP contribution in [0, 0.1) is 0 Å². The third-order valence-corrected chi connectivity index (χ3v) is 5.47. The molecule has 6 heteroatoms. The first-order valence-corrected chi connectivity index (χ1v) is 9.96. The third-order valence-electron chi connectivity index (χ3n) is 5.21. The monoisotopic (exact) mass is 363 g/mol. The zero-order valence-corrected chi connectivity index (χ0v) is 16.5. The van der Waals surface area contributed by atoms with Gasteiger partial charge in [-0.2, -0.15) is 9.61 Å². The molecule has 1 fully saturated rings. The molecule has 2 aromatic heterocycles. The molecule has 138 valence electrons. The molecule has 0 saturated heterocycles. The Morgan fingerprint density at radius 3 is 2.64 bits per heavy atom. The SMILES string of the molecule is CCC(CC)c1cc(N[C@H]2CC[C@H](NC(C)C)C2)n2ncc(Cl)c2n1. The van der Waals surface area contributed by atoms with Gasteiger partial charge in [-0.1, -0.05) is 39.3 Å². The van der Waals surface area contributed by atoms with Crippen LogP contribution in [0.15, 0.2) is 12.3 Å². The molecule has 1 aliphatic rings. The molecular weight excluding hydrogens is 334 g/mol. The number of anilines is 1. The number of hydrogen-bond donors (Lipinski definition) is 2. The molecule has 0 unspecified atom stereocenters. The highest BCUT2D eigenvalue weighted by Gasteiger charge is 2.26. The fourth-order valence-electron chi connectivity index (χ4n) is 3.92. The van der Waals surface area contributed by atoms with Gasteiger partial charge in [0.1, 0.15) is 10.8 Å². The molecule has 2 heterocycles. The number of nitrogens with one attached hydrogen (secondary N) is 2. The molecular formula is C19H30ClN5. The summed E-state index contributed by atoms with van der Waals surface area (Å²) in [4.78, 5) is 4.78. The van der Waals surface area contributed by atoms with Crippen molar-refractivity contribution in [3.8, 4) is 0 Å². The second-order valence-corrected chi connectivity index (χ2v) is 7.89. The van der Waals surface area contributed by atoms with Gasteiger partial charge in [-0.05, 0) is 32.1 Å². The molecule has 0 bridgehead atoms. The van der Waals surface area contributed by atoms with Gasteiger partial charge in [0.15, 0.2) is 5.65 Å². The second kappa shape index (κ2) is 7.92. The van der Waals surface area contributed by atoms with Crippen LogP contribution in [0.3, 0.4) is 0 Å². The summed E-state index contributed by atoms with van der Waals surface area (Å²) >= 11 is 6.32. The Morgan fingerprint density at radius 2 is 1.96 bits per heavy atom. The van der Waals surface area contributed by atoms with Gasteiger partial charge in [0.25, 0.3) is 0 Å². The molecule has 5 nitrogen and oxygen atoms in total. The predicted molar refractivity (Wildman–Crippen MR) is 105 cm³/mol. The van der Waals surface area contributed by atoms with E-state index in [4.69, 9.17) is 16.6 Å². The van der Waals surface area contributed by atoms with Crippen LogP contribution >= 0.6 is 11.6 Å². The number of nitrogens with zero attached hydrogens (tertiary/aromatic N) is 3. The van der Waals surface area contributed by atoms with Crippen LogP contribution in [0.25, 0.3) is 5.65 Å². The van der Waals surface area contributed by atoms with Crippen LogP contribution in [-0.4, -0.2) is 32.7 Å². The van der Waals surface area contributed by atoms with E-state index in [1.165, 1.54) is 12.8 Å². The Kier molecular flexibility index (Phi) is 5.85. The molecule has 25 heavy (non-hydrogen) atoms. The van der Waals surface area contributed by atoms with Crippen molar-refractivity contribution in [2.24, 2.45) is 0 Å². The smallest absolute Gasteiger partial charge is 0.176 e. The van der Waals surface area contributed by atoms with Crippen molar-refractivity contribution in [2.45, 2.75) is 83.8 Å². The average molecular weight is 364 g/mol. The van der Waals surface area contributed by atoms with Crippen LogP contribution in [0.1, 0.15) is 71.4 Å². The summed E-state index contributed by atoms with van der Waals surface area (Å²) in [6, 6.07) is 3.74. The standard InChI is InChI=1S/C19H30ClN5/c1-5-13(6-2)17-10-18(25-19(24-17)16(20)11-21-25)23-15-8-7-14(9-15)22-12(3)4/h10-15,22-23H,5-9H2,1-4H3/t14-,15-/m0/s1. The van der Waals surface area contributed by atoms with Gasteiger partial charge in [0.05, 0.1) is 6.20 Å². The highest BCUT2D eigenvalue weighted by Crippen LogP contribution is 2.29. The lowest BCUT2D eigenvalue weighted by atomic mass is 9.99. The number of rotatable bonds is 7. The van der Waals surface area contributed by atoms with E-state index in [9.17, 15) is 0 Å². The Bertz CT molecular complexity index is 707. The lowest BCUT2D eigenvalue weighted by molar-refractivity contribution is 0.468. The molecule has 0 spiro atoms. The predicted octanol–water partition coefficient (Wildman–Crippen LogP) is 4.62. The van der Waals surface area contributed by atoms with E-state index in [0.29, 0.717) is 29.1 Å². The van der Waals surface area contributed by atoms with E-state index in [2.05, 4.69) is 49.5 Å². The summed E-state index contributed by atoms with van der Waals surface area (Å²) < 4.78 is 1.84. The Morgan fingerprint density at radius 1 is 1.24 bits per heavy atom. The summed E-state index contributed by atoms with van der Waals surface area (Å²) in [7, 11) is 0. The molecule has 0 radical (unpaired) electrons. The summed E-state index contributed by atoms with van der Waals surface area (Å²) in [6.07, 6.45) is 7.36. The first kappa shape index (κ1) is 18.5. The molecule has 2 atom stereocenters. The van der Waals surface area contributed by atoms with Crippen molar-refractivity contribution in [1.29, 1.82) is 0 Å². The van der Waals surface area contributed by atoms with Crippen LogP contribution in [0.5, 0.6) is 0 Å². The summed E-state index contributed by atoms with van der Waals surface area (Å²) in [5.74, 6) is 1.46. The normalized spacial score (nSPS) is 20.9. The number of fused-ring (bicyclic) bond motifs is 1. The zero-order valence-electron chi connectivity index (χ0n) is 15.7. The van der Waals surface area contributed by atoms with E-state index in [0.717, 1.165) is 36.4 Å². The lowest BCUT2D eigenvalue weighted by Gasteiger charge is -2.19. The third kappa shape index (κ3) is 4.09. The maximum absolute atomic E-state index is 6.32. The quantitative estimate of drug-likeness (QED) is 0.753. The average Bonchev–Trinajstić information content (AvgIpc) is 3.15. The molecule has 3 rings (SSSR count). The minimum atomic E-state index is 0.454. The maximum atomic E-state index is 6.32. The first-order chi connectivity index (χ1) is 12.0. The van der Waals surface area contributed by atoms with Crippen molar-refractivity contribution < 1.29 is 0 Å². The van der Waals surface area contributed by atoms with E-state index < -0.39 is 0 Å². The molecule has 1 aliphatic carbocycles. The fourth-order valence-corrected chi connectivity index (χ4v) is 4.08. The fraction of sp³-hybridized carbons (Fsp3) is 0.684. The Hall–Kier alpha value is -1.33. The highest BCUT2D eigenvalue weighted by molar-refractivity contribution is 6.33. The van der Waals surface area contributed by atoms with Crippen molar-refractivity contribution >= 4 is 23.1 Å². The van der Waals surface area contributed by atoms with Gasteiger partial charge in [0, 0.05) is 35.8 Å². The molecule has 1 saturated carbocycles. The van der Waals surface area contributed by atoms with Gasteiger partial charge < -0.3 is 10.6 Å². The molecule has 2 N–H and O–H groups in total. The minimum absolute atomic E-state index is 0.454. The van der Waals surface area contributed by atoms with Crippen LogP contribution < -0.4 is 10.6 Å². The molecule has 2 aromatic rings. The van der Waals surface area contributed by atoms with Crippen molar-refractivity contribution in [1.82, 2.24) is 19.9 Å². The zero-order chi connectivity index (χ0) is 18.0.